The van der Waals surface area contributed by atoms with Crippen molar-refractivity contribution in [1.82, 2.24) is 10.2 Å². The van der Waals surface area contributed by atoms with E-state index in [4.69, 9.17) is 9.15 Å². The molecular weight excluding hydrogens is 244 g/mol. The normalized spacial score (nSPS) is 15.6. The van der Waals surface area contributed by atoms with Gasteiger partial charge in [-0.1, -0.05) is 12.8 Å². The Labute approximate surface area is 113 Å². The van der Waals surface area contributed by atoms with Crippen LogP contribution >= 0.6 is 0 Å². The number of hydrogen-bond donors (Lipinski definition) is 1. The minimum Gasteiger partial charge on any atom is -0.467 e. The Morgan fingerprint density at radius 1 is 1.53 bits per heavy atom. The number of amides is 2. The summed E-state index contributed by atoms with van der Waals surface area (Å²) in [5.41, 5.74) is 0. The van der Waals surface area contributed by atoms with Gasteiger partial charge in [0.25, 0.3) is 0 Å². The highest BCUT2D eigenvalue weighted by Crippen LogP contribution is 2.18. The number of ether oxygens (including phenoxy) is 1. The Morgan fingerprint density at radius 2 is 2.32 bits per heavy atom. The van der Waals surface area contributed by atoms with Gasteiger partial charge in [0.05, 0.1) is 19.4 Å². The van der Waals surface area contributed by atoms with E-state index in [0.29, 0.717) is 25.7 Å². The fourth-order valence-electron chi connectivity index (χ4n) is 2.38. The number of furan rings is 1. The van der Waals surface area contributed by atoms with Crippen molar-refractivity contribution < 1.29 is 13.9 Å². The summed E-state index contributed by atoms with van der Waals surface area (Å²) in [7, 11) is 1.64. The highest BCUT2D eigenvalue weighted by molar-refractivity contribution is 5.74. The predicted molar refractivity (Wildman–Crippen MR) is 71.8 cm³/mol. The zero-order valence-electron chi connectivity index (χ0n) is 11.4. The van der Waals surface area contributed by atoms with Crippen LogP contribution in [0.25, 0.3) is 0 Å². The van der Waals surface area contributed by atoms with Gasteiger partial charge in [-0.2, -0.15) is 0 Å². The second-order valence-corrected chi connectivity index (χ2v) is 4.92. The van der Waals surface area contributed by atoms with Crippen LogP contribution in [-0.4, -0.2) is 37.2 Å². The first-order chi connectivity index (χ1) is 9.29. The molecule has 0 unspecified atom stereocenters. The Bertz CT molecular complexity index is 372. The molecule has 1 saturated carbocycles. The number of nitrogens with zero attached hydrogens (tertiary/aromatic N) is 1. The van der Waals surface area contributed by atoms with Crippen LogP contribution in [0.4, 0.5) is 4.79 Å². The largest absolute Gasteiger partial charge is 0.467 e. The summed E-state index contributed by atoms with van der Waals surface area (Å²) in [4.78, 5) is 14.0. The Kier molecular flexibility index (Phi) is 5.27. The molecule has 1 fully saturated rings. The van der Waals surface area contributed by atoms with Crippen molar-refractivity contribution in [3.8, 4) is 0 Å². The van der Waals surface area contributed by atoms with Crippen LogP contribution in [0.1, 0.15) is 31.4 Å². The standard InChI is InChI=1S/C14H22N2O3/c1-18-10-8-16(11-13-7-4-9-19-13)14(17)15-12-5-2-3-6-12/h4,7,9,12H,2-3,5-6,8,10-11H2,1H3,(H,15,17). The second kappa shape index (κ2) is 7.19. The van der Waals surface area contributed by atoms with Gasteiger partial charge in [-0.3, -0.25) is 0 Å². The summed E-state index contributed by atoms with van der Waals surface area (Å²) < 4.78 is 10.4. The van der Waals surface area contributed by atoms with Gasteiger partial charge in [0.2, 0.25) is 0 Å². The van der Waals surface area contributed by atoms with Gasteiger partial charge in [-0.25, -0.2) is 4.79 Å². The summed E-state index contributed by atoms with van der Waals surface area (Å²) in [6.45, 7) is 1.57. The minimum atomic E-state index is -0.0275. The number of carbonyl (C=O) groups is 1. The quantitative estimate of drug-likeness (QED) is 0.860. The zero-order valence-corrected chi connectivity index (χ0v) is 11.4. The molecule has 1 N–H and O–H groups in total. The van der Waals surface area contributed by atoms with Crippen LogP contribution in [0.5, 0.6) is 0 Å². The number of nitrogens with one attached hydrogen (secondary N) is 1. The van der Waals surface area contributed by atoms with Crippen molar-refractivity contribution in [2.24, 2.45) is 0 Å². The van der Waals surface area contributed by atoms with Gasteiger partial charge in [0, 0.05) is 19.7 Å². The lowest BCUT2D eigenvalue weighted by Gasteiger charge is -2.24. The van der Waals surface area contributed by atoms with Gasteiger partial charge >= 0.3 is 6.03 Å². The first-order valence-electron chi connectivity index (χ1n) is 6.86. The molecule has 2 amide bonds. The van der Waals surface area contributed by atoms with Crippen molar-refractivity contribution >= 4 is 6.03 Å². The van der Waals surface area contributed by atoms with Gasteiger partial charge in [0.1, 0.15) is 5.76 Å². The summed E-state index contributed by atoms with van der Waals surface area (Å²) in [6.07, 6.45) is 6.22. The number of hydrogen-bond acceptors (Lipinski definition) is 3. The summed E-state index contributed by atoms with van der Waals surface area (Å²) >= 11 is 0. The third-order valence-electron chi connectivity index (χ3n) is 3.46. The summed E-state index contributed by atoms with van der Waals surface area (Å²) in [5, 5.41) is 3.09. The van der Waals surface area contributed by atoms with E-state index in [2.05, 4.69) is 5.32 Å². The average molecular weight is 266 g/mol. The van der Waals surface area contributed by atoms with Gasteiger partial charge in [-0.15, -0.1) is 0 Å². The van der Waals surface area contributed by atoms with Crippen LogP contribution < -0.4 is 5.32 Å². The lowest BCUT2D eigenvalue weighted by Crippen LogP contribution is -2.44. The summed E-state index contributed by atoms with van der Waals surface area (Å²) in [5.74, 6) is 0.790. The van der Waals surface area contributed by atoms with E-state index in [9.17, 15) is 4.79 Å². The Balaban J connectivity index is 1.89. The molecule has 1 aromatic heterocycles. The highest BCUT2D eigenvalue weighted by Gasteiger charge is 2.21. The fraction of sp³-hybridized carbons (Fsp3) is 0.643. The molecule has 5 nitrogen and oxygen atoms in total. The maximum atomic E-state index is 12.2. The molecule has 0 aliphatic heterocycles. The molecular formula is C14H22N2O3. The highest BCUT2D eigenvalue weighted by atomic mass is 16.5. The molecule has 106 valence electrons. The molecule has 0 bridgehead atoms. The lowest BCUT2D eigenvalue weighted by atomic mass is 10.2. The van der Waals surface area contributed by atoms with E-state index in [-0.39, 0.29) is 6.03 Å². The first kappa shape index (κ1) is 13.9. The minimum absolute atomic E-state index is 0.0275. The molecule has 2 rings (SSSR count). The molecule has 0 saturated heterocycles. The van der Waals surface area contributed by atoms with E-state index < -0.39 is 0 Å². The van der Waals surface area contributed by atoms with Crippen molar-refractivity contribution in [1.29, 1.82) is 0 Å². The van der Waals surface area contributed by atoms with Gasteiger partial charge in [-0.05, 0) is 25.0 Å². The number of carbonyl (C=O) groups excluding carboxylic acids is 1. The monoisotopic (exact) mass is 266 g/mol. The predicted octanol–water partition coefficient (Wildman–Crippen LogP) is 2.38. The van der Waals surface area contributed by atoms with Crippen molar-refractivity contribution in [3.05, 3.63) is 24.2 Å². The molecule has 1 aromatic rings. The Morgan fingerprint density at radius 3 is 2.95 bits per heavy atom. The molecule has 5 heteroatoms. The van der Waals surface area contributed by atoms with E-state index >= 15 is 0 Å². The molecule has 0 atom stereocenters. The third kappa shape index (κ3) is 4.28. The van der Waals surface area contributed by atoms with Crippen LogP contribution in [-0.2, 0) is 11.3 Å². The molecule has 1 aliphatic rings. The molecule has 1 heterocycles. The lowest BCUT2D eigenvalue weighted by molar-refractivity contribution is 0.141. The molecule has 19 heavy (non-hydrogen) atoms. The maximum absolute atomic E-state index is 12.2. The van der Waals surface area contributed by atoms with Crippen LogP contribution in [0.2, 0.25) is 0 Å². The van der Waals surface area contributed by atoms with E-state index in [1.165, 1.54) is 12.8 Å². The Hall–Kier alpha value is -1.49. The van der Waals surface area contributed by atoms with Crippen molar-refractivity contribution in [3.63, 3.8) is 0 Å². The van der Waals surface area contributed by atoms with E-state index in [1.54, 1.807) is 18.3 Å². The number of urea groups is 1. The van der Waals surface area contributed by atoms with Crippen molar-refractivity contribution in [2.75, 3.05) is 20.3 Å². The van der Waals surface area contributed by atoms with Gasteiger partial charge < -0.3 is 19.4 Å². The first-order valence-corrected chi connectivity index (χ1v) is 6.86. The van der Waals surface area contributed by atoms with E-state index in [1.807, 2.05) is 12.1 Å². The van der Waals surface area contributed by atoms with Gasteiger partial charge in [0.15, 0.2) is 0 Å². The average Bonchev–Trinajstić information content (AvgIpc) is 3.07. The number of rotatable bonds is 6. The van der Waals surface area contributed by atoms with Crippen LogP contribution in [0, 0.1) is 0 Å². The molecule has 0 radical (unpaired) electrons. The third-order valence-corrected chi connectivity index (χ3v) is 3.46. The molecule has 0 aromatic carbocycles. The van der Waals surface area contributed by atoms with E-state index in [0.717, 1.165) is 18.6 Å². The maximum Gasteiger partial charge on any atom is 0.318 e. The molecule has 1 aliphatic carbocycles. The van der Waals surface area contributed by atoms with Crippen LogP contribution in [0.15, 0.2) is 22.8 Å². The van der Waals surface area contributed by atoms with Crippen LogP contribution in [0.3, 0.4) is 0 Å². The smallest absolute Gasteiger partial charge is 0.318 e. The SMILES string of the molecule is COCCN(Cc1ccco1)C(=O)NC1CCCC1. The number of methoxy groups -OCH3 is 1. The zero-order chi connectivity index (χ0) is 13.5. The topological polar surface area (TPSA) is 54.7 Å². The molecule has 0 spiro atoms. The van der Waals surface area contributed by atoms with Crippen molar-refractivity contribution in [2.45, 2.75) is 38.3 Å². The summed E-state index contributed by atoms with van der Waals surface area (Å²) in [6, 6.07) is 4.01. The second-order valence-electron chi connectivity index (χ2n) is 4.92. The fourth-order valence-corrected chi connectivity index (χ4v) is 2.38.